The Bertz CT molecular complexity index is 1140. The van der Waals surface area contributed by atoms with Crippen LogP contribution in [-0.4, -0.2) is 69.5 Å². The lowest BCUT2D eigenvalue weighted by Crippen LogP contribution is -2.51. The zero-order valence-electron chi connectivity index (χ0n) is 18.8. The van der Waals surface area contributed by atoms with E-state index in [4.69, 9.17) is 14.2 Å². The van der Waals surface area contributed by atoms with Gasteiger partial charge in [0.2, 0.25) is 10.0 Å². The van der Waals surface area contributed by atoms with Crippen molar-refractivity contribution in [1.82, 2.24) is 9.21 Å². The molecule has 0 N–H and O–H groups in total. The number of hydrogen-bond acceptors (Lipinski definition) is 6. The van der Waals surface area contributed by atoms with Crippen molar-refractivity contribution in [3.63, 3.8) is 0 Å². The van der Waals surface area contributed by atoms with Gasteiger partial charge in [0.05, 0.1) is 23.7 Å². The topological polar surface area (TPSA) is 85.4 Å². The van der Waals surface area contributed by atoms with E-state index < -0.39 is 10.0 Å². The molecular formula is C24H28N2O6S. The molecule has 1 amide bonds. The van der Waals surface area contributed by atoms with Crippen molar-refractivity contribution in [3.05, 3.63) is 53.6 Å². The van der Waals surface area contributed by atoms with Gasteiger partial charge in [-0.3, -0.25) is 4.79 Å². The molecule has 1 saturated heterocycles. The molecule has 0 atom stereocenters. The summed E-state index contributed by atoms with van der Waals surface area (Å²) in [5.74, 6) is 1.92. The Hall–Kier alpha value is -3.04. The van der Waals surface area contributed by atoms with Gasteiger partial charge in [0, 0.05) is 31.7 Å². The second kappa shape index (κ2) is 9.84. The maximum atomic E-state index is 13.1. The summed E-state index contributed by atoms with van der Waals surface area (Å²) in [7, 11) is -3.63. The second-order valence-electron chi connectivity index (χ2n) is 7.69. The Labute approximate surface area is 194 Å². The maximum Gasteiger partial charge on any atom is 0.253 e. The van der Waals surface area contributed by atoms with Crippen LogP contribution < -0.4 is 14.2 Å². The smallest absolute Gasteiger partial charge is 0.253 e. The largest absolute Gasteiger partial charge is 0.494 e. The number of ether oxygens (including phenoxy) is 3. The number of nitrogens with zero attached hydrogens (tertiary/aromatic N) is 2. The predicted molar refractivity (Wildman–Crippen MR) is 124 cm³/mol. The number of rotatable bonds is 7. The van der Waals surface area contributed by atoms with E-state index in [1.54, 1.807) is 29.2 Å². The van der Waals surface area contributed by atoms with Gasteiger partial charge in [-0.1, -0.05) is 0 Å². The van der Waals surface area contributed by atoms with Gasteiger partial charge in [-0.25, -0.2) is 8.42 Å². The molecule has 8 nitrogen and oxygen atoms in total. The predicted octanol–water partition coefficient (Wildman–Crippen LogP) is 2.79. The highest BCUT2D eigenvalue weighted by Gasteiger charge is 2.31. The number of piperazine rings is 1. The van der Waals surface area contributed by atoms with Gasteiger partial charge in [0.1, 0.15) is 23.9 Å². The Morgan fingerprint density at radius 1 is 0.939 bits per heavy atom. The molecule has 2 heterocycles. The van der Waals surface area contributed by atoms with Gasteiger partial charge in [-0.15, -0.1) is 0 Å². The van der Waals surface area contributed by atoms with E-state index in [1.807, 2.05) is 38.1 Å². The van der Waals surface area contributed by atoms with Gasteiger partial charge in [-0.2, -0.15) is 4.31 Å². The molecule has 0 spiro atoms. The molecule has 0 saturated carbocycles. The van der Waals surface area contributed by atoms with Gasteiger partial charge >= 0.3 is 0 Å². The van der Waals surface area contributed by atoms with E-state index in [2.05, 4.69) is 0 Å². The van der Waals surface area contributed by atoms with Crippen LogP contribution >= 0.6 is 0 Å². The average molecular weight is 473 g/mol. The number of hydrogen-bond donors (Lipinski definition) is 0. The van der Waals surface area contributed by atoms with Crippen molar-refractivity contribution in [2.75, 3.05) is 46.0 Å². The monoisotopic (exact) mass is 472 g/mol. The van der Waals surface area contributed by atoms with Gasteiger partial charge < -0.3 is 19.1 Å². The summed E-state index contributed by atoms with van der Waals surface area (Å²) in [6.45, 7) is 6.15. The van der Waals surface area contributed by atoms with E-state index in [0.717, 1.165) is 11.3 Å². The summed E-state index contributed by atoms with van der Waals surface area (Å²) < 4.78 is 44.1. The van der Waals surface area contributed by atoms with Crippen LogP contribution in [0.3, 0.4) is 0 Å². The number of carbonyl (C=O) groups excluding carboxylic acids is 1. The number of fused-ring (bicyclic) bond motifs is 1. The Kier molecular flexibility index (Phi) is 6.90. The van der Waals surface area contributed by atoms with Gasteiger partial charge in [0.25, 0.3) is 5.91 Å². The van der Waals surface area contributed by atoms with Crippen molar-refractivity contribution in [1.29, 1.82) is 0 Å². The molecule has 0 unspecified atom stereocenters. The summed E-state index contributed by atoms with van der Waals surface area (Å²) in [4.78, 5) is 15.0. The molecule has 1 fully saturated rings. The molecule has 0 radical (unpaired) electrons. The molecule has 4 rings (SSSR count). The minimum absolute atomic E-state index is 0.138. The molecule has 2 aliphatic heterocycles. The molecular weight excluding hydrogens is 444 g/mol. The Balaban J connectivity index is 1.41. The van der Waals surface area contributed by atoms with Crippen LogP contribution in [0.25, 0.3) is 6.08 Å². The summed E-state index contributed by atoms with van der Waals surface area (Å²) in [6, 6.07) is 11.9. The van der Waals surface area contributed by atoms with Crippen LogP contribution in [0.5, 0.6) is 17.2 Å². The molecule has 9 heteroatoms. The van der Waals surface area contributed by atoms with Crippen LogP contribution in [0.1, 0.15) is 19.4 Å². The minimum atomic E-state index is -3.63. The zero-order valence-corrected chi connectivity index (χ0v) is 19.6. The highest BCUT2D eigenvalue weighted by Crippen LogP contribution is 2.31. The summed E-state index contributed by atoms with van der Waals surface area (Å²) in [5, 5.41) is 0. The fraction of sp³-hybridized carbons (Fsp3) is 0.375. The first-order valence-corrected chi connectivity index (χ1v) is 12.5. The van der Waals surface area contributed by atoms with E-state index in [-0.39, 0.29) is 30.5 Å². The van der Waals surface area contributed by atoms with Crippen LogP contribution in [0.15, 0.2) is 52.9 Å². The average Bonchev–Trinajstić information content (AvgIpc) is 2.84. The van der Waals surface area contributed by atoms with Crippen molar-refractivity contribution in [2.45, 2.75) is 18.7 Å². The van der Waals surface area contributed by atoms with Crippen LogP contribution in [-0.2, 0) is 14.8 Å². The number of sulfonamides is 1. The van der Waals surface area contributed by atoms with Crippen molar-refractivity contribution < 1.29 is 27.4 Å². The SMILES string of the molecule is CCOc1ccc(S(=O)(=O)N2CCN(C(=O)C3=Cc4cc(OCC)ccc4OC3)CC2)cc1. The Morgan fingerprint density at radius 3 is 2.24 bits per heavy atom. The summed E-state index contributed by atoms with van der Waals surface area (Å²) >= 11 is 0. The lowest BCUT2D eigenvalue weighted by Gasteiger charge is -2.34. The standard InChI is InChI=1S/C24H28N2O6S/c1-3-30-20-5-8-22(9-6-20)33(28,29)26-13-11-25(12-14-26)24(27)19-15-18-16-21(31-4-2)7-10-23(18)32-17-19/h5-10,15-16H,3-4,11-14,17H2,1-2H3. The lowest BCUT2D eigenvalue weighted by atomic mass is 10.1. The van der Waals surface area contributed by atoms with E-state index in [1.165, 1.54) is 4.31 Å². The normalized spacial score (nSPS) is 16.4. The van der Waals surface area contributed by atoms with Crippen LogP contribution in [0.4, 0.5) is 0 Å². The molecule has 0 aliphatic carbocycles. The molecule has 2 aromatic rings. The fourth-order valence-electron chi connectivity index (χ4n) is 3.89. The first kappa shape index (κ1) is 23.1. The number of amides is 1. The molecule has 2 aliphatic rings. The molecule has 2 aromatic carbocycles. The molecule has 33 heavy (non-hydrogen) atoms. The fourth-order valence-corrected chi connectivity index (χ4v) is 5.32. The number of carbonyl (C=O) groups is 1. The third-order valence-electron chi connectivity index (χ3n) is 5.58. The number of benzene rings is 2. The zero-order chi connectivity index (χ0) is 23.4. The van der Waals surface area contributed by atoms with E-state index in [9.17, 15) is 13.2 Å². The van der Waals surface area contributed by atoms with Crippen LogP contribution in [0.2, 0.25) is 0 Å². The van der Waals surface area contributed by atoms with Gasteiger partial charge in [-0.05, 0) is 62.4 Å². The lowest BCUT2D eigenvalue weighted by molar-refractivity contribution is -0.128. The van der Waals surface area contributed by atoms with Crippen molar-refractivity contribution in [2.24, 2.45) is 0 Å². The van der Waals surface area contributed by atoms with Crippen molar-refractivity contribution >= 4 is 22.0 Å². The molecule has 0 aromatic heterocycles. The van der Waals surface area contributed by atoms with E-state index in [0.29, 0.717) is 43.4 Å². The van der Waals surface area contributed by atoms with Crippen LogP contribution in [0, 0.1) is 0 Å². The minimum Gasteiger partial charge on any atom is -0.494 e. The maximum absolute atomic E-state index is 13.1. The summed E-state index contributed by atoms with van der Waals surface area (Å²) in [6.07, 6.45) is 1.83. The van der Waals surface area contributed by atoms with Gasteiger partial charge in [0.15, 0.2) is 0 Å². The quantitative estimate of drug-likeness (QED) is 0.616. The third kappa shape index (κ3) is 4.99. The Morgan fingerprint density at radius 2 is 1.58 bits per heavy atom. The van der Waals surface area contributed by atoms with Crippen molar-refractivity contribution in [3.8, 4) is 17.2 Å². The second-order valence-corrected chi connectivity index (χ2v) is 9.63. The first-order valence-electron chi connectivity index (χ1n) is 11.0. The highest BCUT2D eigenvalue weighted by molar-refractivity contribution is 7.89. The molecule has 176 valence electrons. The molecule has 0 bridgehead atoms. The highest BCUT2D eigenvalue weighted by atomic mass is 32.2. The van der Waals surface area contributed by atoms with E-state index >= 15 is 0 Å². The third-order valence-corrected chi connectivity index (χ3v) is 7.49. The first-order chi connectivity index (χ1) is 15.9. The summed E-state index contributed by atoms with van der Waals surface area (Å²) in [5.41, 5.74) is 1.34.